The van der Waals surface area contributed by atoms with Gasteiger partial charge in [0, 0.05) is 12.8 Å². The molecule has 4 heteroatoms. The highest BCUT2D eigenvalue weighted by molar-refractivity contribution is 4.55. The molecule has 0 amide bonds. The molecule has 0 N–H and O–H groups in total. The first kappa shape index (κ1) is 53.2. The second-order valence-electron chi connectivity index (χ2n) is 16.0. The van der Waals surface area contributed by atoms with Crippen LogP contribution in [0.15, 0.2) is 0 Å². The fourth-order valence-corrected chi connectivity index (χ4v) is 8.71. The van der Waals surface area contributed by atoms with Crippen LogP contribution in [-0.4, -0.2) is 61.3 Å². The van der Waals surface area contributed by atoms with Gasteiger partial charge in [-0.15, -0.1) is 0 Å². The summed E-state index contributed by atoms with van der Waals surface area (Å²) in [5.74, 6) is 0. The molecule has 0 atom stereocenters. The zero-order valence-corrected chi connectivity index (χ0v) is 37.7. The number of halogens is 2. The zero-order valence-electron chi connectivity index (χ0n) is 34.5. The lowest BCUT2D eigenvalue weighted by Crippen LogP contribution is -3.00. The van der Waals surface area contributed by atoms with Crippen molar-refractivity contribution < 1.29 is 42.9 Å². The van der Waals surface area contributed by atoms with Gasteiger partial charge in [0.05, 0.1) is 52.4 Å². The minimum atomic E-state index is 0. The topological polar surface area (TPSA) is 0 Å². The molecule has 0 heterocycles. The maximum atomic E-state index is 2.43. The molecule has 0 aromatic rings. The molecule has 0 aliphatic rings. The normalized spacial score (nSPS) is 11.9. The van der Waals surface area contributed by atoms with Crippen LogP contribution in [0.25, 0.3) is 0 Å². The van der Waals surface area contributed by atoms with Gasteiger partial charge in [-0.1, -0.05) is 170 Å². The van der Waals surface area contributed by atoms with E-state index in [4.69, 9.17) is 0 Å². The molecule has 0 spiro atoms. The SMILES string of the molecule is CCCCCCCCCCCCCC[N+](CCC)(CCC)CCCC[N+](CCC)(CCC)CCCCCCCCCCCCCC.[Br-].[Br-]. The molecular formula is C44H94Br2N2. The molecule has 0 unspecified atom stereocenters. The molecule has 0 radical (unpaired) electrons. The summed E-state index contributed by atoms with van der Waals surface area (Å²) < 4.78 is 2.84. The molecule has 48 heavy (non-hydrogen) atoms. The molecule has 0 bridgehead atoms. The summed E-state index contributed by atoms with van der Waals surface area (Å²) in [6, 6.07) is 0. The van der Waals surface area contributed by atoms with E-state index >= 15 is 0 Å². The summed E-state index contributed by atoms with van der Waals surface area (Å²) >= 11 is 0. The van der Waals surface area contributed by atoms with Crippen molar-refractivity contribution in [3.8, 4) is 0 Å². The average molecular weight is 811 g/mol. The Morgan fingerprint density at radius 2 is 0.354 bits per heavy atom. The van der Waals surface area contributed by atoms with Crippen LogP contribution in [0.5, 0.6) is 0 Å². The second kappa shape index (κ2) is 40.6. The Bertz CT molecular complexity index is 522. The van der Waals surface area contributed by atoms with Gasteiger partial charge in [0.25, 0.3) is 0 Å². The predicted octanol–water partition coefficient (Wildman–Crippen LogP) is 8.45. The zero-order chi connectivity index (χ0) is 33.9. The van der Waals surface area contributed by atoms with E-state index in [0.29, 0.717) is 0 Å². The summed E-state index contributed by atoms with van der Waals surface area (Å²) in [5, 5.41) is 0. The van der Waals surface area contributed by atoms with E-state index in [0.717, 1.165) is 0 Å². The van der Waals surface area contributed by atoms with Crippen LogP contribution in [0, 0.1) is 0 Å². The van der Waals surface area contributed by atoms with E-state index < -0.39 is 0 Å². The van der Waals surface area contributed by atoms with Crippen LogP contribution in [0.1, 0.15) is 234 Å². The molecule has 0 saturated heterocycles. The van der Waals surface area contributed by atoms with Crippen LogP contribution >= 0.6 is 0 Å². The van der Waals surface area contributed by atoms with Crippen molar-refractivity contribution in [2.75, 3.05) is 52.4 Å². The molecule has 0 rings (SSSR count). The molecule has 0 aliphatic heterocycles. The monoisotopic (exact) mass is 809 g/mol. The highest BCUT2D eigenvalue weighted by atomic mass is 79.9. The standard InChI is InChI=1S/C44H94N2.2BrH/c1-7-13-15-17-19-21-23-25-27-29-31-33-41-45(37-9-3,38-10-4)43-35-36-44-46(39-11-5,40-12-6)42-34-32-30-28-26-24-22-20-18-16-14-8-2;;/h7-44H2,1-6H3;2*1H/q+2;;/p-2. The van der Waals surface area contributed by atoms with Gasteiger partial charge in [0.15, 0.2) is 0 Å². The van der Waals surface area contributed by atoms with Crippen LogP contribution < -0.4 is 34.0 Å². The van der Waals surface area contributed by atoms with Crippen molar-refractivity contribution in [2.45, 2.75) is 234 Å². The van der Waals surface area contributed by atoms with Crippen LogP contribution in [-0.2, 0) is 0 Å². The second-order valence-corrected chi connectivity index (χ2v) is 16.0. The predicted molar refractivity (Wildman–Crippen MR) is 212 cm³/mol. The Balaban J connectivity index is -0.0000101. The third-order valence-electron chi connectivity index (χ3n) is 11.3. The van der Waals surface area contributed by atoms with Gasteiger partial charge in [0.1, 0.15) is 0 Å². The lowest BCUT2D eigenvalue weighted by Gasteiger charge is -2.41. The average Bonchev–Trinajstić information content (AvgIpc) is 3.04. The van der Waals surface area contributed by atoms with E-state index in [1.54, 1.807) is 0 Å². The largest absolute Gasteiger partial charge is 1.00 e. The van der Waals surface area contributed by atoms with Crippen molar-refractivity contribution in [3.05, 3.63) is 0 Å². The molecule has 0 saturated carbocycles. The highest BCUT2D eigenvalue weighted by Gasteiger charge is 2.28. The quantitative estimate of drug-likeness (QED) is 0.0432. The molecule has 0 aromatic heterocycles. The first-order valence-electron chi connectivity index (χ1n) is 22.3. The van der Waals surface area contributed by atoms with Gasteiger partial charge in [-0.3, -0.25) is 0 Å². The summed E-state index contributed by atoms with van der Waals surface area (Å²) in [6.45, 7) is 25.8. The first-order chi connectivity index (χ1) is 22.6. The van der Waals surface area contributed by atoms with Crippen molar-refractivity contribution in [1.29, 1.82) is 0 Å². The van der Waals surface area contributed by atoms with Crippen LogP contribution in [0.2, 0.25) is 0 Å². The maximum Gasteiger partial charge on any atom is 0.0788 e. The van der Waals surface area contributed by atoms with Gasteiger partial charge < -0.3 is 42.9 Å². The van der Waals surface area contributed by atoms with E-state index in [2.05, 4.69) is 41.5 Å². The number of quaternary nitrogens is 2. The van der Waals surface area contributed by atoms with Gasteiger partial charge >= 0.3 is 0 Å². The fraction of sp³-hybridized carbons (Fsp3) is 1.00. The summed E-state index contributed by atoms with van der Waals surface area (Å²) in [5.41, 5.74) is 0. The Morgan fingerprint density at radius 3 is 0.542 bits per heavy atom. The van der Waals surface area contributed by atoms with Gasteiger partial charge in [-0.2, -0.15) is 0 Å². The minimum Gasteiger partial charge on any atom is -1.00 e. The number of hydrogen-bond donors (Lipinski definition) is 0. The highest BCUT2D eigenvalue weighted by Crippen LogP contribution is 2.21. The Labute approximate surface area is 327 Å². The lowest BCUT2D eigenvalue weighted by molar-refractivity contribution is -0.934. The van der Waals surface area contributed by atoms with E-state index in [1.165, 1.54) is 254 Å². The summed E-state index contributed by atoms with van der Waals surface area (Å²) in [4.78, 5) is 0. The van der Waals surface area contributed by atoms with Crippen molar-refractivity contribution in [3.63, 3.8) is 0 Å². The van der Waals surface area contributed by atoms with Crippen molar-refractivity contribution in [2.24, 2.45) is 0 Å². The molecule has 294 valence electrons. The van der Waals surface area contributed by atoms with Crippen LogP contribution in [0.3, 0.4) is 0 Å². The number of rotatable bonds is 39. The van der Waals surface area contributed by atoms with Gasteiger partial charge in [-0.25, -0.2) is 0 Å². The third-order valence-corrected chi connectivity index (χ3v) is 11.3. The lowest BCUT2D eigenvalue weighted by atomic mass is 10.0. The molecular weight excluding hydrogens is 716 g/mol. The maximum absolute atomic E-state index is 2.43. The summed E-state index contributed by atoms with van der Waals surface area (Å²) in [7, 11) is 0. The Morgan fingerprint density at radius 1 is 0.188 bits per heavy atom. The van der Waals surface area contributed by atoms with Crippen molar-refractivity contribution in [1.82, 2.24) is 0 Å². The minimum absolute atomic E-state index is 0. The Hall–Kier alpha value is 0.880. The van der Waals surface area contributed by atoms with Crippen LogP contribution in [0.4, 0.5) is 0 Å². The third kappa shape index (κ3) is 31.6. The molecule has 0 aromatic carbocycles. The Kier molecular flexibility index (Phi) is 45.1. The fourth-order valence-electron chi connectivity index (χ4n) is 8.71. The van der Waals surface area contributed by atoms with E-state index in [9.17, 15) is 0 Å². The van der Waals surface area contributed by atoms with Crippen molar-refractivity contribution >= 4 is 0 Å². The molecule has 0 aliphatic carbocycles. The summed E-state index contributed by atoms with van der Waals surface area (Å²) in [6.07, 6.45) is 43.4. The number of unbranched alkanes of at least 4 members (excludes halogenated alkanes) is 23. The number of hydrogen-bond acceptors (Lipinski definition) is 0. The van der Waals surface area contributed by atoms with Gasteiger partial charge in [-0.05, 0) is 51.4 Å². The number of nitrogens with zero attached hydrogens (tertiary/aromatic N) is 2. The van der Waals surface area contributed by atoms with Gasteiger partial charge in [0.2, 0.25) is 0 Å². The first-order valence-corrected chi connectivity index (χ1v) is 22.3. The smallest absolute Gasteiger partial charge is 0.0788 e. The molecule has 0 fully saturated rings. The van der Waals surface area contributed by atoms with E-state index in [-0.39, 0.29) is 34.0 Å². The van der Waals surface area contributed by atoms with E-state index in [1.807, 2.05) is 0 Å². The molecule has 2 nitrogen and oxygen atoms in total.